The fourth-order valence-corrected chi connectivity index (χ4v) is 1.50. The highest BCUT2D eigenvalue weighted by molar-refractivity contribution is 7.96. The van der Waals surface area contributed by atoms with E-state index in [1.54, 1.807) is 0 Å². The maximum atomic E-state index is 11.9. The topological polar surface area (TPSA) is 40.5 Å². The number of hydroxylamine groups is 1. The summed E-state index contributed by atoms with van der Waals surface area (Å²) in [5, 5.41) is 8.63. The third-order valence-electron chi connectivity index (χ3n) is 1.65. The van der Waals surface area contributed by atoms with Crippen molar-refractivity contribution >= 4 is 18.2 Å². The summed E-state index contributed by atoms with van der Waals surface area (Å²) in [5.41, 5.74) is 0.704. The summed E-state index contributed by atoms with van der Waals surface area (Å²) in [6, 6.07) is 5.86. The van der Waals surface area contributed by atoms with Gasteiger partial charge in [0, 0.05) is 11.3 Å². The number of benzene rings is 1. The van der Waals surface area contributed by atoms with Gasteiger partial charge in [-0.3, -0.25) is 5.21 Å². The summed E-state index contributed by atoms with van der Waals surface area (Å²) in [5.74, 6) is 0. The van der Waals surface area contributed by atoms with Gasteiger partial charge in [-0.2, -0.15) is 13.2 Å². The van der Waals surface area contributed by atoms with Crippen LogP contribution in [0.25, 0.3) is 0 Å². The monoisotopic (exact) mass is 251 g/mol. The molecule has 0 spiro atoms. The van der Waals surface area contributed by atoms with Crippen LogP contribution in [0.4, 0.5) is 13.2 Å². The zero-order valence-electron chi connectivity index (χ0n) is 7.94. The second kappa shape index (κ2) is 5.33. The van der Waals surface area contributed by atoms with Gasteiger partial charge in [0.1, 0.15) is 6.29 Å². The highest BCUT2D eigenvalue weighted by Crippen LogP contribution is 2.31. The fraction of sp³-hybridized carbons (Fsp3) is 0.222. The molecule has 1 aromatic rings. The first kappa shape index (κ1) is 13.0. The van der Waals surface area contributed by atoms with Crippen molar-refractivity contribution in [2.24, 2.45) is 0 Å². The van der Waals surface area contributed by atoms with Gasteiger partial charge in [-0.25, -0.2) is 0 Å². The molecule has 0 aliphatic carbocycles. The molecule has 3 nitrogen and oxygen atoms in total. The third kappa shape index (κ3) is 3.84. The van der Waals surface area contributed by atoms with Crippen LogP contribution in [0.2, 0.25) is 0 Å². The van der Waals surface area contributed by atoms with E-state index in [0.29, 0.717) is 11.8 Å². The summed E-state index contributed by atoms with van der Waals surface area (Å²) in [7, 11) is 0. The SMILES string of the molecule is O=CCc1ccc(SN(O)C(F)(F)F)cc1. The minimum absolute atomic E-state index is 0.153. The van der Waals surface area contributed by atoms with Gasteiger partial charge in [0.15, 0.2) is 0 Å². The zero-order chi connectivity index (χ0) is 12.2. The molecule has 0 aliphatic heterocycles. The third-order valence-corrected chi connectivity index (χ3v) is 2.51. The quantitative estimate of drug-likeness (QED) is 0.386. The fourth-order valence-electron chi connectivity index (χ4n) is 0.934. The largest absolute Gasteiger partial charge is 0.493 e. The van der Waals surface area contributed by atoms with Crippen LogP contribution in [-0.2, 0) is 11.2 Å². The van der Waals surface area contributed by atoms with Crippen LogP contribution in [-0.4, -0.2) is 22.3 Å². The Labute approximate surface area is 94.0 Å². The number of carbonyl (C=O) groups is 1. The minimum Gasteiger partial charge on any atom is -0.303 e. The molecule has 0 radical (unpaired) electrons. The van der Waals surface area contributed by atoms with Crippen molar-refractivity contribution in [3.05, 3.63) is 29.8 Å². The van der Waals surface area contributed by atoms with Crippen molar-refractivity contribution in [2.75, 3.05) is 0 Å². The van der Waals surface area contributed by atoms with Crippen LogP contribution in [0.15, 0.2) is 29.2 Å². The number of hydrogen-bond acceptors (Lipinski definition) is 4. The molecule has 0 unspecified atom stereocenters. The molecule has 1 N–H and O–H groups in total. The van der Waals surface area contributed by atoms with E-state index >= 15 is 0 Å². The van der Waals surface area contributed by atoms with Crippen molar-refractivity contribution in [2.45, 2.75) is 17.6 Å². The van der Waals surface area contributed by atoms with Gasteiger partial charge < -0.3 is 4.79 Å². The van der Waals surface area contributed by atoms with Crippen LogP contribution in [0, 0.1) is 0 Å². The molecule has 16 heavy (non-hydrogen) atoms. The molecule has 0 fully saturated rings. The molecule has 1 aromatic carbocycles. The first-order chi connectivity index (χ1) is 7.43. The summed E-state index contributed by atoms with van der Waals surface area (Å²) < 4.78 is 35.1. The second-order valence-corrected chi connectivity index (χ2v) is 3.85. The minimum atomic E-state index is -4.80. The van der Waals surface area contributed by atoms with Gasteiger partial charge in [0.2, 0.25) is 0 Å². The van der Waals surface area contributed by atoms with Crippen LogP contribution in [0.5, 0.6) is 0 Å². The Bertz CT molecular complexity index is 353. The summed E-state index contributed by atoms with van der Waals surface area (Å²) >= 11 is 0.153. The molecule has 88 valence electrons. The van der Waals surface area contributed by atoms with Crippen molar-refractivity contribution < 1.29 is 23.2 Å². The molecular formula is C9H8F3NO2S. The van der Waals surface area contributed by atoms with E-state index in [-0.39, 0.29) is 23.3 Å². The first-order valence-corrected chi connectivity index (χ1v) is 4.97. The summed E-state index contributed by atoms with van der Waals surface area (Å²) in [6.45, 7) is 0. The Kier molecular flexibility index (Phi) is 4.34. The van der Waals surface area contributed by atoms with E-state index in [9.17, 15) is 18.0 Å². The Morgan fingerprint density at radius 3 is 2.31 bits per heavy atom. The number of halogens is 3. The highest BCUT2D eigenvalue weighted by Gasteiger charge is 2.37. The first-order valence-electron chi connectivity index (χ1n) is 4.20. The van der Waals surface area contributed by atoms with E-state index in [2.05, 4.69) is 0 Å². The predicted molar refractivity (Wildman–Crippen MR) is 51.7 cm³/mol. The van der Waals surface area contributed by atoms with Gasteiger partial charge in [-0.15, -0.1) is 0 Å². The zero-order valence-corrected chi connectivity index (χ0v) is 8.76. The molecule has 0 heterocycles. The lowest BCUT2D eigenvalue weighted by molar-refractivity contribution is -0.298. The van der Waals surface area contributed by atoms with Crippen LogP contribution < -0.4 is 0 Å². The lowest BCUT2D eigenvalue weighted by atomic mass is 10.2. The van der Waals surface area contributed by atoms with Gasteiger partial charge in [0.25, 0.3) is 0 Å². The van der Waals surface area contributed by atoms with Gasteiger partial charge in [-0.05, 0) is 34.1 Å². The maximum Gasteiger partial charge on any atom is 0.493 e. The normalized spacial score (nSPS) is 11.8. The molecule has 0 saturated heterocycles. The molecule has 0 saturated carbocycles. The Hall–Kier alpha value is -1.05. The van der Waals surface area contributed by atoms with Crippen molar-refractivity contribution in [3.63, 3.8) is 0 Å². The van der Waals surface area contributed by atoms with Gasteiger partial charge in [-0.1, -0.05) is 12.1 Å². The Morgan fingerprint density at radius 1 is 1.31 bits per heavy atom. The van der Waals surface area contributed by atoms with Crippen molar-refractivity contribution in [3.8, 4) is 0 Å². The number of rotatable bonds is 4. The van der Waals surface area contributed by atoms with Gasteiger partial charge >= 0.3 is 6.30 Å². The standard InChI is InChI=1S/C9H8F3NO2S/c10-9(11,12)13(15)16-8-3-1-7(2-4-8)5-6-14/h1-4,6,15H,5H2. The molecule has 0 atom stereocenters. The van der Waals surface area contributed by atoms with E-state index < -0.39 is 10.8 Å². The maximum absolute atomic E-state index is 11.9. The van der Waals surface area contributed by atoms with E-state index in [1.807, 2.05) is 0 Å². The molecule has 0 bridgehead atoms. The van der Waals surface area contributed by atoms with Gasteiger partial charge in [0.05, 0.1) is 0 Å². The predicted octanol–water partition coefficient (Wildman–Crippen LogP) is 2.65. The number of aldehydes is 1. The lowest BCUT2D eigenvalue weighted by Gasteiger charge is -2.15. The average molecular weight is 251 g/mol. The molecule has 7 heteroatoms. The molecular weight excluding hydrogens is 243 g/mol. The number of carbonyl (C=O) groups excluding carboxylic acids is 1. The van der Waals surface area contributed by atoms with Crippen molar-refractivity contribution in [1.29, 1.82) is 0 Å². The molecule has 0 aromatic heterocycles. The van der Waals surface area contributed by atoms with Crippen LogP contribution >= 0.6 is 11.9 Å². The van der Waals surface area contributed by atoms with E-state index in [1.165, 1.54) is 24.3 Å². The molecule has 1 rings (SSSR count). The molecule has 0 aliphatic rings. The van der Waals surface area contributed by atoms with Crippen LogP contribution in [0.3, 0.4) is 0 Å². The Morgan fingerprint density at radius 2 is 1.88 bits per heavy atom. The lowest BCUT2D eigenvalue weighted by Crippen LogP contribution is -2.28. The van der Waals surface area contributed by atoms with E-state index in [0.717, 1.165) is 0 Å². The number of nitrogens with zero attached hydrogens (tertiary/aromatic N) is 1. The summed E-state index contributed by atoms with van der Waals surface area (Å²) in [6.07, 6.45) is -3.88. The highest BCUT2D eigenvalue weighted by atomic mass is 32.2. The Balaban J connectivity index is 2.65. The smallest absolute Gasteiger partial charge is 0.303 e. The second-order valence-electron chi connectivity index (χ2n) is 2.85. The number of hydrogen-bond donors (Lipinski definition) is 1. The number of alkyl halides is 3. The summed E-state index contributed by atoms with van der Waals surface area (Å²) in [4.78, 5) is 10.4. The van der Waals surface area contributed by atoms with Crippen molar-refractivity contribution in [1.82, 2.24) is 4.47 Å². The molecule has 0 amide bonds. The van der Waals surface area contributed by atoms with E-state index in [4.69, 9.17) is 5.21 Å². The average Bonchev–Trinajstić information content (AvgIpc) is 2.20. The van der Waals surface area contributed by atoms with Crippen LogP contribution in [0.1, 0.15) is 5.56 Å².